The third-order valence-corrected chi connectivity index (χ3v) is 5.19. The van der Waals surface area contributed by atoms with Crippen LogP contribution in [0.25, 0.3) is 0 Å². The second-order valence-electron chi connectivity index (χ2n) is 6.74. The summed E-state index contributed by atoms with van der Waals surface area (Å²) in [5, 5.41) is 12.3. The standard InChI is InChI=1S/C15H25N3O3/c1-10(9-17-6-2-3-7-17)16-15(21)18-11-4-5-13(18)12(8-11)14(19)20/h10-13H,2-9H2,1H3,(H,16,21)(H,19,20). The summed E-state index contributed by atoms with van der Waals surface area (Å²) >= 11 is 0. The van der Waals surface area contributed by atoms with Gasteiger partial charge in [-0.15, -0.1) is 0 Å². The molecule has 3 heterocycles. The molecular formula is C15H25N3O3. The van der Waals surface area contributed by atoms with E-state index in [1.54, 1.807) is 4.90 Å². The average Bonchev–Trinajstić information content (AvgIpc) is 3.12. The van der Waals surface area contributed by atoms with Gasteiger partial charge >= 0.3 is 12.0 Å². The smallest absolute Gasteiger partial charge is 0.318 e. The number of amides is 2. The van der Waals surface area contributed by atoms with Crippen molar-refractivity contribution in [3.8, 4) is 0 Å². The van der Waals surface area contributed by atoms with Gasteiger partial charge < -0.3 is 20.2 Å². The molecule has 0 aromatic carbocycles. The van der Waals surface area contributed by atoms with Gasteiger partial charge in [0.25, 0.3) is 0 Å². The van der Waals surface area contributed by atoms with Crippen LogP contribution in [0.2, 0.25) is 0 Å². The molecule has 0 saturated carbocycles. The first-order valence-corrected chi connectivity index (χ1v) is 8.10. The molecule has 6 nitrogen and oxygen atoms in total. The highest BCUT2D eigenvalue weighted by Crippen LogP contribution is 2.41. The minimum Gasteiger partial charge on any atom is -0.481 e. The number of carbonyl (C=O) groups excluding carboxylic acids is 1. The molecule has 2 N–H and O–H groups in total. The maximum absolute atomic E-state index is 12.5. The number of nitrogens with zero attached hydrogens (tertiary/aromatic N) is 2. The highest BCUT2D eigenvalue weighted by Gasteiger charge is 2.51. The van der Waals surface area contributed by atoms with Crippen molar-refractivity contribution in [2.24, 2.45) is 5.92 Å². The number of hydrogen-bond donors (Lipinski definition) is 2. The highest BCUT2D eigenvalue weighted by molar-refractivity contribution is 5.79. The molecule has 3 fully saturated rings. The van der Waals surface area contributed by atoms with Crippen LogP contribution >= 0.6 is 0 Å². The molecule has 0 aromatic rings. The summed E-state index contributed by atoms with van der Waals surface area (Å²) in [5.41, 5.74) is 0. The number of carboxylic acids is 1. The largest absolute Gasteiger partial charge is 0.481 e. The number of hydrogen-bond acceptors (Lipinski definition) is 3. The number of carboxylic acid groups (broad SMARTS) is 1. The minimum absolute atomic E-state index is 0.0713. The van der Waals surface area contributed by atoms with E-state index in [2.05, 4.69) is 10.2 Å². The van der Waals surface area contributed by atoms with Crippen LogP contribution in [0, 0.1) is 5.92 Å². The third-order valence-electron chi connectivity index (χ3n) is 5.19. The predicted octanol–water partition coefficient (Wildman–Crippen LogP) is 1.12. The van der Waals surface area contributed by atoms with E-state index >= 15 is 0 Å². The van der Waals surface area contributed by atoms with Gasteiger partial charge in [-0.2, -0.15) is 0 Å². The molecule has 3 aliphatic rings. The number of fused-ring (bicyclic) bond motifs is 2. The van der Waals surface area contributed by atoms with Gasteiger partial charge in [0.1, 0.15) is 0 Å². The molecule has 0 spiro atoms. The molecule has 2 amide bonds. The monoisotopic (exact) mass is 295 g/mol. The van der Waals surface area contributed by atoms with E-state index < -0.39 is 5.97 Å². The van der Waals surface area contributed by atoms with Crippen LogP contribution < -0.4 is 5.32 Å². The van der Waals surface area contributed by atoms with Gasteiger partial charge in [0.15, 0.2) is 0 Å². The highest BCUT2D eigenvalue weighted by atomic mass is 16.4. The lowest BCUT2D eigenvalue weighted by atomic mass is 9.89. The van der Waals surface area contributed by atoms with Gasteiger partial charge in [0.05, 0.1) is 5.92 Å². The van der Waals surface area contributed by atoms with Crippen molar-refractivity contribution in [1.29, 1.82) is 0 Å². The van der Waals surface area contributed by atoms with Crippen LogP contribution in [-0.2, 0) is 4.79 Å². The molecule has 0 aliphatic carbocycles. The van der Waals surface area contributed by atoms with Crippen LogP contribution in [0.4, 0.5) is 4.79 Å². The van der Waals surface area contributed by atoms with E-state index in [0.717, 1.165) is 32.5 Å². The molecule has 118 valence electrons. The number of likely N-dealkylation sites (tertiary alicyclic amines) is 1. The van der Waals surface area contributed by atoms with Crippen molar-refractivity contribution >= 4 is 12.0 Å². The van der Waals surface area contributed by atoms with Crippen molar-refractivity contribution < 1.29 is 14.7 Å². The van der Waals surface area contributed by atoms with Gasteiger partial charge in [0.2, 0.25) is 0 Å². The molecule has 4 unspecified atom stereocenters. The average molecular weight is 295 g/mol. The molecule has 0 aromatic heterocycles. The van der Waals surface area contributed by atoms with Gasteiger partial charge in [-0.3, -0.25) is 4.79 Å². The van der Waals surface area contributed by atoms with Crippen molar-refractivity contribution in [2.45, 2.75) is 57.2 Å². The minimum atomic E-state index is -0.759. The SMILES string of the molecule is CC(CN1CCCC1)NC(=O)N1C2CCC1C(C(=O)O)C2. The summed E-state index contributed by atoms with van der Waals surface area (Å²) < 4.78 is 0. The van der Waals surface area contributed by atoms with Crippen LogP contribution in [0.15, 0.2) is 0 Å². The van der Waals surface area contributed by atoms with E-state index in [1.165, 1.54) is 12.8 Å². The summed E-state index contributed by atoms with van der Waals surface area (Å²) in [4.78, 5) is 27.9. The predicted molar refractivity (Wildman–Crippen MR) is 78.1 cm³/mol. The Morgan fingerprint density at radius 1 is 1.29 bits per heavy atom. The van der Waals surface area contributed by atoms with E-state index in [9.17, 15) is 14.7 Å². The number of rotatable bonds is 4. The topological polar surface area (TPSA) is 72.9 Å². The van der Waals surface area contributed by atoms with Crippen molar-refractivity contribution in [3.63, 3.8) is 0 Å². The molecule has 0 radical (unpaired) electrons. The van der Waals surface area contributed by atoms with Gasteiger partial charge in [-0.05, 0) is 52.1 Å². The molecule has 4 atom stereocenters. The van der Waals surface area contributed by atoms with E-state index in [-0.39, 0.29) is 30.1 Å². The Bertz CT molecular complexity index is 422. The Morgan fingerprint density at radius 3 is 2.62 bits per heavy atom. The van der Waals surface area contributed by atoms with Crippen molar-refractivity contribution in [3.05, 3.63) is 0 Å². The summed E-state index contributed by atoms with van der Waals surface area (Å²) in [6.45, 7) is 5.16. The molecule has 3 saturated heterocycles. The van der Waals surface area contributed by atoms with Crippen molar-refractivity contribution in [1.82, 2.24) is 15.1 Å². The first kappa shape index (κ1) is 14.6. The van der Waals surface area contributed by atoms with Crippen LogP contribution in [0.3, 0.4) is 0 Å². The molecule has 3 aliphatic heterocycles. The fraction of sp³-hybridized carbons (Fsp3) is 0.867. The Balaban J connectivity index is 1.54. The second kappa shape index (κ2) is 5.83. The summed E-state index contributed by atoms with van der Waals surface area (Å²) in [6.07, 6.45) is 4.89. The first-order valence-electron chi connectivity index (χ1n) is 8.10. The molecule has 21 heavy (non-hydrogen) atoms. The summed E-state index contributed by atoms with van der Waals surface area (Å²) in [6, 6.07) is 0.0541. The zero-order chi connectivity index (χ0) is 15.0. The number of aliphatic carboxylic acids is 1. The lowest BCUT2D eigenvalue weighted by Gasteiger charge is -2.27. The quantitative estimate of drug-likeness (QED) is 0.815. The first-order chi connectivity index (χ1) is 10.1. The van der Waals surface area contributed by atoms with Crippen molar-refractivity contribution in [2.75, 3.05) is 19.6 Å². The second-order valence-corrected chi connectivity index (χ2v) is 6.74. The molecule has 3 rings (SSSR count). The molecular weight excluding hydrogens is 270 g/mol. The fourth-order valence-electron chi connectivity index (χ4n) is 4.25. The Kier molecular flexibility index (Phi) is 4.06. The van der Waals surface area contributed by atoms with Crippen LogP contribution in [0.5, 0.6) is 0 Å². The molecule has 6 heteroatoms. The van der Waals surface area contributed by atoms with Crippen LogP contribution in [0.1, 0.15) is 39.0 Å². The zero-order valence-corrected chi connectivity index (χ0v) is 12.6. The lowest BCUT2D eigenvalue weighted by Crippen LogP contribution is -2.49. The molecule has 2 bridgehead atoms. The normalized spacial score (nSPS) is 33.4. The Morgan fingerprint density at radius 2 is 2.00 bits per heavy atom. The summed E-state index contributed by atoms with van der Waals surface area (Å²) in [7, 11) is 0. The maximum atomic E-state index is 12.5. The Hall–Kier alpha value is -1.30. The number of carbonyl (C=O) groups is 2. The van der Waals surface area contributed by atoms with Crippen LogP contribution in [-0.4, -0.2) is 64.7 Å². The van der Waals surface area contributed by atoms with E-state index in [4.69, 9.17) is 0 Å². The van der Waals surface area contributed by atoms with Gasteiger partial charge in [0, 0.05) is 24.7 Å². The van der Waals surface area contributed by atoms with E-state index in [0.29, 0.717) is 6.42 Å². The number of urea groups is 1. The fourth-order valence-corrected chi connectivity index (χ4v) is 4.25. The van der Waals surface area contributed by atoms with E-state index in [1.807, 2.05) is 6.92 Å². The lowest BCUT2D eigenvalue weighted by molar-refractivity contribution is -0.142. The maximum Gasteiger partial charge on any atom is 0.318 e. The van der Waals surface area contributed by atoms with Gasteiger partial charge in [-0.25, -0.2) is 4.79 Å². The zero-order valence-electron chi connectivity index (χ0n) is 12.6. The number of nitrogens with one attached hydrogen (secondary N) is 1. The van der Waals surface area contributed by atoms with Gasteiger partial charge in [-0.1, -0.05) is 0 Å². The summed E-state index contributed by atoms with van der Waals surface area (Å²) in [5.74, 6) is -1.13. The third kappa shape index (κ3) is 2.86. The Labute approximate surface area is 125 Å².